The Kier molecular flexibility index (Phi) is 5.28. The van der Waals surface area contributed by atoms with E-state index in [0.717, 1.165) is 5.56 Å². The number of halogens is 2. The maximum Gasteiger partial charge on any atom is 0.274 e. The standard InChI is InChI=1S/C20H16F2N4O3/c21-14-3-1-13(2-4-14)11-26-19(27)10-9-17(24-26)20-23-18(25-29-20)12-28-16-7-5-15(22)6-8-16/h1-8H,9-12H2. The lowest BCUT2D eigenvalue weighted by atomic mass is 10.1. The van der Waals surface area contributed by atoms with Crippen LogP contribution in [-0.2, 0) is 17.9 Å². The first kappa shape index (κ1) is 18.7. The predicted octanol–water partition coefficient (Wildman–Crippen LogP) is 3.45. The van der Waals surface area contributed by atoms with Gasteiger partial charge in [-0.1, -0.05) is 17.3 Å². The number of benzene rings is 2. The highest BCUT2D eigenvalue weighted by Gasteiger charge is 2.25. The molecule has 29 heavy (non-hydrogen) atoms. The molecule has 0 bridgehead atoms. The molecule has 2 heterocycles. The van der Waals surface area contributed by atoms with Gasteiger partial charge in [0.1, 0.15) is 23.1 Å². The van der Waals surface area contributed by atoms with E-state index >= 15 is 0 Å². The normalized spacial score (nSPS) is 14.1. The summed E-state index contributed by atoms with van der Waals surface area (Å²) in [5.41, 5.74) is 1.25. The zero-order valence-corrected chi connectivity index (χ0v) is 15.2. The fourth-order valence-corrected chi connectivity index (χ4v) is 2.75. The van der Waals surface area contributed by atoms with Gasteiger partial charge in [0.25, 0.3) is 5.89 Å². The number of hydrazone groups is 1. The molecular weight excluding hydrogens is 382 g/mol. The van der Waals surface area contributed by atoms with E-state index in [2.05, 4.69) is 15.2 Å². The molecule has 0 radical (unpaired) electrons. The van der Waals surface area contributed by atoms with E-state index in [-0.39, 0.29) is 43.0 Å². The van der Waals surface area contributed by atoms with Crippen molar-refractivity contribution in [3.8, 4) is 5.75 Å². The fraction of sp³-hybridized carbons (Fsp3) is 0.200. The van der Waals surface area contributed by atoms with E-state index in [9.17, 15) is 13.6 Å². The first-order valence-corrected chi connectivity index (χ1v) is 8.90. The molecule has 0 N–H and O–H groups in total. The number of aromatic nitrogens is 2. The van der Waals surface area contributed by atoms with Crippen LogP contribution in [0.5, 0.6) is 5.75 Å². The molecule has 0 spiro atoms. The molecule has 148 valence electrons. The summed E-state index contributed by atoms with van der Waals surface area (Å²) in [4.78, 5) is 16.4. The highest BCUT2D eigenvalue weighted by molar-refractivity contribution is 6.00. The van der Waals surface area contributed by atoms with Gasteiger partial charge in [-0.25, -0.2) is 13.8 Å². The van der Waals surface area contributed by atoms with E-state index in [1.54, 1.807) is 12.1 Å². The number of nitrogens with zero attached hydrogens (tertiary/aromatic N) is 4. The number of rotatable bonds is 6. The molecule has 0 fully saturated rings. The number of carbonyl (C=O) groups is 1. The third kappa shape index (κ3) is 4.63. The first-order chi connectivity index (χ1) is 14.1. The van der Waals surface area contributed by atoms with Gasteiger partial charge in [-0.05, 0) is 42.0 Å². The topological polar surface area (TPSA) is 80.8 Å². The minimum atomic E-state index is -0.353. The maximum absolute atomic E-state index is 13.1. The van der Waals surface area contributed by atoms with Gasteiger partial charge in [-0.15, -0.1) is 0 Å². The molecule has 7 nitrogen and oxygen atoms in total. The summed E-state index contributed by atoms with van der Waals surface area (Å²) in [5, 5.41) is 9.48. The third-order valence-corrected chi connectivity index (χ3v) is 4.25. The molecule has 1 aliphatic heterocycles. The summed E-state index contributed by atoms with van der Waals surface area (Å²) >= 11 is 0. The molecule has 0 unspecified atom stereocenters. The Balaban J connectivity index is 1.43. The first-order valence-electron chi connectivity index (χ1n) is 8.90. The van der Waals surface area contributed by atoms with E-state index < -0.39 is 0 Å². The summed E-state index contributed by atoms with van der Waals surface area (Å²) in [6.45, 7) is 0.262. The van der Waals surface area contributed by atoms with Gasteiger partial charge >= 0.3 is 0 Å². The predicted molar refractivity (Wildman–Crippen MR) is 97.8 cm³/mol. The zero-order valence-electron chi connectivity index (χ0n) is 15.2. The largest absolute Gasteiger partial charge is 0.485 e. The summed E-state index contributed by atoms with van der Waals surface area (Å²) in [6.07, 6.45) is 0.628. The summed E-state index contributed by atoms with van der Waals surface area (Å²) in [5.74, 6) is 0.146. The monoisotopic (exact) mass is 398 g/mol. The molecule has 0 atom stereocenters. The quantitative estimate of drug-likeness (QED) is 0.635. The van der Waals surface area contributed by atoms with Crippen LogP contribution in [0.1, 0.15) is 30.1 Å². The van der Waals surface area contributed by atoms with E-state index in [1.165, 1.54) is 41.4 Å². The molecule has 3 aromatic rings. The van der Waals surface area contributed by atoms with Crippen LogP contribution in [-0.4, -0.2) is 26.8 Å². The van der Waals surface area contributed by atoms with Crippen molar-refractivity contribution in [3.05, 3.63) is 77.4 Å². The maximum atomic E-state index is 13.1. The van der Waals surface area contributed by atoms with Crippen LogP contribution in [0, 0.1) is 11.6 Å². The minimum Gasteiger partial charge on any atom is -0.485 e. The lowest BCUT2D eigenvalue weighted by molar-refractivity contribution is -0.132. The van der Waals surface area contributed by atoms with E-state index in [0.29, 0.717) is 23.7 Å². The summed E-state index contributed by atoms with van der Waals surface area (Å²) in [7, 11) is 0. The van der Waals surface area contributed by atoms with Crippen LogP contribution >= 0.6 is 0 Å². The van der Waals surface area contributed by atoms with Crippen molar-refractivity contribution in [1.29, 1.82) is 0 Å². The molecule has 0 saturated heterocycles. The zero-order chi connectivity index (χ0) is 20.2. The number of carbonyl (C=O) groups excluding carboxylic acids is 1. The van der Waals surface area contributed by atoms with Crippen LogP contribution in [0.4, 0.5) is 8.78 Å². The molecule has 1 amide bonds. The van der Waals surface area contributed by atoms with Crippen molar-refractivity contribution in [3.63, 3.8) is 0 Å². The van der Waals surface area contributed by atoms with Gasteiger partial charge in [0.05, 0.1) is 6.54 Å². The average molecular weight is 398 g/mol. The molecule has 1 aliphatic rings. The lowest BCUT2D eigenvalue weighted by Gasteiger charge is -2.22. The number of amides is 1. The van der Waals surface area contributed by atoms with Crippen molar-refractivity contribution in [2.45, 2.75) is 26.0 Å². The molecule has 1 aromatic heterocycles. The van der Waals surface area contributed by atoms with Crippen molar-refractivity contribution >= 4 is 11.6 Å². The second-order valence-corrected chi connectivity index (χ2v) is 6.38. The third-order valence-electron chi connectivity index (χ3n) is 4.25. The Morgan fingerprint density at radius 3 is 2.41 bits per heavy atom. The fourth-order valence-electron chi connectivity index (χ4n) is 2.75. The summed E-state index contributed by atoms with van der Waals surface area (Å²) in [6, 6.07) is 11.5. The molecule has 4 rings (SSSR count). The number of hydrogen-bond acceptors (Lipinski definition) is 6. The van der Waals surface area contributed by atoms with Crippen LogP contribution in [0.2, 0.25) is 0 Å². The smallest absolute Gasteiger partial charge is 0.274 e. The Bertz CT molecular complexity index is 1030. The van der Waals surface area contributed by atoms with Gasteiger partial charge in [-0.2, -0.15) is 10.1 Å². The molecule has 9 heteroatoms. The molecule has 0 saturated carbocycles. The number of ether oxygens (including phenoxy) is 1. The second-order valence-electron chi connectivity index (χ2n) is 6.38. The average Bonchev–Trinajstić information content (AvgIpc) is 3.20. The summed E-state index contributed by atoms with van der Waals surface area (Å²) < 4.78 is 36.7. The van der Waals surface area contributed by atoms with Crippen molar-refractivity contribution in [2.75, 3.05) is 0 Å². The van der Waals surface area contributed by atoms with Gasteiger partial charge in [-0.3, -0.25) is 4.79 Å². The molecule has 2 aromatic carbocycles. The Labute approximate surface area is 164 Å². The molecule has 0 aliphatic carbocycles. The van der Waals surface area contributed by atoms with Crippen molar-refractivity contribution in [2.24, 2.45) is 5.10 Å². The van der Waals surface area contributed by atoms with E-state index in [4.69, 9.17) is 9.26 Å². The Morgan fingerprint density at radius 2 is 1.69 bits per heavy atom. The highest BCUT2D eigenvalue weighted by atomic mass is 19.1. The van der Waals surface area contributed by atoms with E-state index in [1.807, 2.05) is 0 Å². The van der Waals surface area contributed by atoms with Gasteiger partial charge in [0.15, 0.2) is 6.61 Å². The van der Waals surface area contributed by atoms with Crippen LogP contribution in [0.25, 0.3) is 0 Å². The van der Waals surface area contributed by atoms with Crippen LogP contribution < -0.4 is 4.74 Å². The Morgan fingerprint density at radius 1 is 1.00 bits per heavy atom. The molecular formula is C20H16F2N4O3. The number of hydrogen-bond donors (Lipinski definition) is 0. The van der Waals surface area contributed by atoms with Gasteiger partial charge in [0, 0.05) is 12.8 Å². The minimum absolute atomic E-state index is 0.0423. The van der Waals surface area contributed by atoms with Crippen molar-refractivity contribution in [1.82, 2.24) is 15.1 Å². The van der Waals surface area contributed by atoms with Crippen LogP contribution in [0.15, 0.2) is 58.2 Å². The highest BCUT2D eigenvalue weighted by Crippen LogP contribution is 2.18. The SMILES string of the molecule is O=C1CCC(c2nc(COc3ccc(F)cc3)no2)=NN1Cc1ccc(F)cc1. The van der Waals surface area contributed by atoms with Gasteiger partial charge < -0.3 is 9.26 Å². The second kappa shape index (κ2) is 8.17. The van der Waals surface area contributed by atoms with Crippen molar-refractivity contribution < 1.29 is 22.8 Å². The van der Waals surface area contributed by atoms with Crippen LogP contribution in [0.3, 0.4) is 0 Å². The van der Waals surface area contributed by atoms with Gasteiger partial charge in [0.2, 0.25) is 11.7 Å². The lowest BCUT2D eigenvalue weighted by Crippen LogP contribution is -2.31. The Hall–Kier alpha value is -3.62.